The van der Waals surface area contributed by atoms with Crippen LogP contribution in [0.15, 0.2) is 67.1 Å². The summed E-state index contributed by atoms with van der Waals surface area (Å²) in [5, 5.41) is 4.86. The number of piperidine rings is 1. The van der Waals surface area contributed by atoms with Crippen LogP contribution in [0.2, 0.25) is 5.02 Å². The van der Waals surface area contributed by atoms with E-state index in [0.717, 1.165) is 42.5 Å². The summed E-state index contributed by atoms with van der Waals surface area (Å²) < 4.78 is 5.39. The molecule has 0 bridgehead atoms. The van der Waals surface area contributed by atoms with Crippen molar-refractivity contribution in [2.75, 3.05) is 35.6 Å². The Morgan fingerprint density at radius 2 is 1.92 bits per heavy atom. The number of aromatic nitrogens is 2. The Labute approximate surface area is 213 Å². The molecule has 2 aromatic heterocycles. The first kappa shape index (κ1) is 23.7. The number of nitrogens with one attached hydrogen (secondary N) is 2. The van der Waals surface area contributed by atoms with Crippen LogP contribution in [0.3, 0.4) is 0 Å². The SMILES string of the molecule is Nc1cccc(C(=O)OCC(=O)c2ccc3c(Cl)c[nH]c3c2)c1NC1CCN(c2ccncc2)CC1. The lowest BCUT2D eigenvalue weighted by Gasteiger charge is -2.34. The van der Waals surface area contributed by atoms with Gasteiger partial charge in [0.15, 0.2) is 12.4 Å². The second-order valence-electron chi connectivity index (χ2n) is 8.78. The predicted molar refractivity (Wildman–Crippen MR) is 142 cm³/mol. The molecule has 2 aromatic carbocycles. The molecule has 9 heteroatoms. The summed E-state index contributed by atoms with van der Waals surface area (Å²) in [4.78, 5) is 35.0. The van der Waals surface area contributed by atoms with Crippen molar-refractivity contribution < 1.29 is 14.3 Å². The molecule has 36 heavy (non-hydrogen) atoms. The number of H-pyrrole nitrogens is 1. The number of anilines is 3. The smallest absolute Gasteiger partial charge is 0.340 e. The Bertz CT molecular complexity index is 1400. The number of fused-ring (bicyclic) bond motifs is 1. The van der Waals surface area contributed by atoms with Crippen molar-refractivity contribution in [1.29, 1.82) is 0 Å². The van der Waals surface area contributed by atoms with Crippen LogP contribution in [0.1, 0.15) is 33.6 Å². The van der Waals surface area contributed by atoms with Crippen LogP contribution in [0.5, 0.6) is 0 Å². The molecule has 0 saturated carbocycles. The number of benzene rings is 2. The van der Waals surface area contributed by atoms with Crippen LogP contribution in [-0.4, -0.2) is 47.5 Å². The summed E-state index contributed by atoms with van der Waals surface area (Å²) in [5.41, 5.74) is 9.86. The predicted octanol–water partition coefficient (Wildman–Crippen LogP) is 4.92. The number of aromatic amines is 1. The first-order chi connectivity index (χ1) is 17.5. The van der Waals surface area contributed by atoms with Crippen LogP contribution in [0.25, 0.3) is 10.9 Å². The zero-order valence-electron chi connectivity index (χ0n) is 19.5. The Hall–Kier alpha value is -4.04. The number of hydrogen-bond donors (Lipinski definition) is 3. The summed E-state index contributed by atoms with van der Waals surface area (Å²) in [7, 11) is 0. The van der Waals surface area contributed by atoms with Gasteiger partial charge < -0.3 is 25.7 Å². The third-order valence-corrected chi connectivity index (χ3v) is 6.79. The van der Waals surface area contributed by atoms with E-state index in [1.54, 1.807) is 55.0 Å². The summed E-state index contributed by atoms with van der Waals surface area (Å²) >= 11 is 6.10. The first-order valence-corrected chi connectivity index (χ1v) is 12.1. The largest absolute Gasteiger partial charge is 0.454 e. The number of halogens is 1. The van der Waals surface area contributed by atoms with Crippen LogP contribution in [-0.2, 0) is 4.74 Å². The van der Waals surface area contributed by atoms with E-state index < -0.39 is 5.97 Å². The van der Waals surface area contributed by atoms with Gasteiger partial charge >= 0.3 is 5.97 Å². The van der Waals surface area contributed by atoms with Crippen LogP contribution >= 0.6 is 11.6 Å². The molecule has 0 amide bonds. The van der Waals surface area contributed by atoms with Gasteiger partial charge in [-0.1, -0.05) is 29.8 Å². The maximum Gasteiger partial charge on any atom is 0.340 e. The highest BCUT2D eigenvalue weighted by Gasteiger charge is 2.23. The quantitative estimate of drug-likeness (QED) is 0.186. The molecule has 1 fully saturated rings. The lowest BCUT2D eigenvalue weighted by Crippen LogP contribution is -2.39. The van der Waals surface area contributed by atoms with E-state index in [2.05, 4.69) is 20.2 Å². The number of hydrogen-bond acceptors (Lipinski definition) is 7. The molecule has 0 spiro atoms. The zero-order chi connectivity index (χ0) is 25.1. The molecule has 3 heterocycles. The Morgan fingerprint density at radius 3 is 2.69 bits per heavy atom. The zero-order valence-corrected chi connectivity index (χ0v) is 20.3. The normalized spacial score (nSPS) is 14.1. The van der Waals surface area contributed by atoms with Gasteiger partial charge in [-0.05, 0) is 43.2 Å². The monoisotopic (exact) mass is 503 g/mol. The van der Waals surface area contributed by atoms with Crippen molar-refractivity contribution in [3.05, 3.63) is 83.3 Å². The molecular weight excluding hydrogens is 478 g/mol. The molecule has 1 aliphatic heterocycles. The van der Waals surface area contributed by atoms with Crippen molar-refractivity contribution in [3.8, 4) is 0 Å². The maximum absolute atomic E-state index is 12.9. The standard InChI is InChI=1S/C27H26ClN5O3/c28-22-15-31-24-14-17(4-5-20(22)24)25(34)16-36-27(35)21-2-1-3-23(29)26(21)32-18-8-12-33(13-9-18)19-6-10-30-11-7-19/h1-7,10-11,14-15,18,31-32H,8-9,12-13,16,29H2. The number of carbonyl (C=O) groups is 2. The fourth-order valence-corrected chi connectivity index (χ4v) is 4.72. The van der Waals surface area contributed by atoms with Gasteiger partial charge in [0.2, 0.25) is 0 Å². The minimum Gasteiger partial charge on any atom is -0.454 e. The molecule has 0 atom stereocenters. The molecule has 0 aliphatic carbocycles. The van der Waals surface area contributed by atoms with Crippen molar-refractivity contribution in [2.45, 2.75) is 18.9 Å². The van der Waals surface area contributed by atoms with E-state index in [4.69, 9.17) is 22.1 Å². The van der Waals surface area contributed by atoms with Gasteiger partial charge in [-0.15, -0.1) is 0 Å². The molecule has 1 saturated heterocycles. The van der Waals surface area contributed by atoms with Crippen molar-refractivity contribution in [1.82, 2.24) is 9.97 Å². The van der Waals surface area contributed by atoms with Gasteiger partial charge in [-0.3, -0.25) is 9.78 Å². The minimum absolute atomic E-state index is 0.153. The van der Waals surface area contributed by atoms with Gasteiger partial charge in [0, 0.05) is 59.9 Å². The average molecular weight is 504 g/mol. The number of nitrogen functional groups attached to an aromatic ring is 1. The summed E-state index contributed by atoms with van der Waals surface area (Å²) in [6, 6.07) is 14.4. The second kappa shape index (κ2) is 10.3. The summed E-state index contributed by atoms with van der Waals surface area (Å²) in [6.45, 7) is 1.37. The van der Waals surface area contributed by atoms with E-state index in [9.17, 15) is 9.59 Å². The number of ketones is 1. The number of pyridine rings is 1. The van der Waals surface area contributed by atoms with Gasteiger partial charge in [0.25, 0.3) is 0 Å². The van der Waals surface area contributed by atoms with Crippen molar-refractivity contribution >= 4 is 51.3 Å². The number of nitrogens with two attached hydrogens (primary N) is 1. The van der Waals surface area contributed by atoms with Gasteiger partial charge in [0.1, 0.15) is 0 Å². The number of rotatable bonds is 7. The van der Waals surface area contributed by atoms with Gasteiger partial charge in [-0.25, -0.2) is 4.79 Å². The van der Waals surface area contributed by atoms with Gasteiger partial charge in [-0.2, -0.15) is 0 Å². The number of nitrogens with zero attached hydrogens (tertiary/aromatic N) is 2. The van der Waals surface area contributed by atoms with E-state index in [1.807, 2.05) is 12.1 Å². The third kappa shape index (κ3) is 4.99. The van der Waals surface area contributed by atoms with Crippen LogP contribution in [0, 0.1) is 0 Å². The molecule has 4 N–H and O–H groups in total. The second-order valence-corrected chi connectivity index (χ2v) is 9.18. The molecular formula is C27H26ClN5O3. The Kier molecular flexibility index (Phi) is 6.77. The number of Topliss-reactive ketones (excluding diaryl/α,β-unsaturated/α-hetero) is 1. The van der Waals surface area contributed by atoms with Crippen LogP contribution in [0.4, 0.5) is 17.1 Å². The maximum atomic E-state index is 12.9. The molecule has 0 radical (unpaired) electrons. The van der Waals surface area contributed by atoms with E-state index in [-0.39, 0.29) is 18.4 Å². The highest BCUT2D eigenvalue weighted by atomic mass is 35.5. The molecule has 184 valence electrons. The van der Waals surface area contributed by atoms with Crippen molar-refractivity contribution in [3.63, 3.8) is 0 Å². The van der Waals surface area contributed by atoms with E-state index >= 15 is 0 Å². The highest BCUT2D eigenvalue weighted by molar-refractivity contribution is 6.35. The number of ether oxygens (including phenoxy) is 1. The molecule has 8 nitrogen and oxygen atoms in total. The Morgan fingerprint density at radius 1 is 1.14 bits per heavy atom. The minimum atomic E-state index is -0.601. The molecule has 5 rings (SSSR count). The van der Waals surface area contributed by atoms with E-state index in [0.29, 0.717) is 27.5 Å². The molecule has 4 aromatic rings. The fourth-order valence-electron chi connectivity index (χ4n) is 4.50. The lowest BCUT2D eigenvalue weighted by molar-refractivity contribution is 0.0475. The molecule has 1 aliphatic rings. The van der Waals surface area contributed by atoms with Crippen molar-refractivity contribution in [2.24, 2.45) is 0 Å². The number of esters is 1. The van der Waals surface area contributed by atoms with E-state index in [1.165, 1.54) is 0 Å². The first-order valence-electron chi connectivity index (χ1n) is 11.8. The summed E-state index contributed by atoms with van der Waals surface area (Å²) in [5.74, 6) is -0.908. The lowest BCUT2D eigenvalue weighted by atomic mass is 10.0. The number of carbonyl (C=O) groups excluding carboxylic acids is 2. The van der Waals surface area contributed by atoms with Crippen LogP contribution < -0.4 is 16.0 Å². The Balaban J connectivity index is 1.22. The molecule has 0 unspecified atom stereocenters. The topological polar surface area (TPSA) is 113 Å². The average Bonchev–Trinajstić information content (AvgIpc) is 3.29. The summed E-state index contributed by atoms with van der Waals surface area (Å²) in [6.07, 6.45) is 7.02. The fraction of sp³-hybridized carbons (Fsp3) is 0.222. The van der Waals surface area contributed by atoms with Gasteiger partial charge in [0.05, 0.1) is 22.0 Å². The third-order valence-electron chi connectivity index (χ3n) is 6.48. The number of para-hydroxylation sites is 1. The highest BCUT2D eigenvalue weighted by Crippen LogP contribution is 2.29.